The molecule has 0 aliphatic carbocycles. The molecule has 0 aliphatic rings. The molecule has 0 saturated heterocycles. The van der Waals surface area contributed by atoms with E-state index in [0.29, 0.717) is 24.6 Å². The minimum atomic E-state index is -2.86. The van der Waals surface area contributed by atoms with Gasteiger partial charge in [-0.25, -0.2) is 9.37 Å². The molecule has 1 N–H and O–H groups in total. The number of benzene rings is 2. The van der Waals surface area contributed by atoms with Crippen molar-refractivity contribution in [2.24, 2.45) is 0 Å². The largest absolute Gasteiger partial charge is 0.439 e. The van der Waals surface area contributed by atoms with E-state index >= 15 is 0 Å². The Bertz CT molecular complexity index is 947. The van der Waals surface area contributed by atoms with Gasteiger partial charge in [0.1, 0.15) is 17.3 Å². The standard InChI is InChI=1S/C22H19F3N2O3/c23-17-5-9-18(10-6-17)29-21-12-4-16(14-27-21)13-26-20(28)11-3-15-1-7-19(8-2-15)30-22(24)25/h1-2,4-10,12,14,22H,3,11,13H2,(H,26,28). The van der Waals surface area contributed by atoms with Gasteiger partial charge in [0.25, 0.3) is 0 Å². The SMILES string of the molecule is O=C(CCc1ccc(OC(F)F)cc1)NCc1ccc(Oc2ccc(F)cc2)nc1. The fourth-order valence-corrected chi connectivity index (χ4v) is 2.58. The summed E-state index contributed by atoms with van der Waals surface area (Å²) >= 11 is 0. The van der Waals surface area contributed by atoms with Gasteiger partial charge in [-0.15, -0.1) is 0 Å². The molecule has 1 amide bonds. The topological polar surface area (TPSA) is 60.5 Å². The number of halogens is 3. The van der Waals surface area contributed by atoms with E-state index in [9.17, 15) is 18.0 Å². The number of alkyl halides is 2. The molecular weight excluding hydrogens is 397 g/mol. The third kappa shape index (κ3) is 6.80. The van der Waals surface area contributed by atoms with Crippen molar-refractivity contribution >= 4 is 5.91 Å². The minimum Gasteiger partial charge on any atom is -0.439 e. The van der Waals surface area contributed by atoms with E-state index in [4.69, 9.17) is 4.74 Å². The zero-order valence-electron chi connectivity index (χ0n) is 15.9. The lowest BCUT2D eigenvalue weighted by Gasteiger charge is -2.08. The van der Waals surface area contributed by atoms with Crippen LogP contribution in [0, 0.1) is 5.82 Å². The predicted molar refractivity (Wildman–Crippen MR) is 104 cm³/mol. The van der Waals surface area contributed by atoms with Gasteiger partial charge in [-0.3, -0.25) is 4.79 Å². The summed E-state index contributed by atoms with van der Waals surface area (Å²) in [5.74, 6) is 0.418. The van der Waals surface area contributed by atoms with Crippen molar-refractivity contribution < 1.29 is 27.4 Å². The number of carbonyl (C=O) groups is 1. The Morgan fingerprint density at radius 3 is 2.23 bits per heavy atom. The summed E-state index contributed by atoms with van der Waals surface area (Å²) in [6.45, 7) is -2.55. The van der Waals surface area contributed by atoms with Crippen LogP contribution in [0.5, 0.6) is 17.4 Å². The summed E-state index contributed by atoms with van der Waals surface area (Å²) in [7, 11) is 0. The molecule has 30 heavy (non-hydrogen) atoms. The number of nitrogens with one attached hydrogen (secondary N) is 1. The highest BCUT2D eigenvalue weighted by Crippen LogP contribution is 2.19. The number of hydrogen-bond donors (Lipinski definition) is 1. The van der Waals surface area contributed by atoms with Gasteiger partial charge in [-0.1, -0.05) is 18.2 Å². The van der Waals surface area contributed by atoms with Gasteiger partial charge in [0.15, 0.2) is 0 Å². The highest BCUT2D eigenvalue weighted by Gasteiger charge is 2.06. The zero-order valence-corrected chi connectivity index (χ0v) is 15.9. The number of rotatable bonds is 9. The first kappa shape index (κ1) is 21.2. The Hall–Kier alpha value is -3.55. The van der Waals surface area contributed by atoms with Crippen LogP contribution in [0.4, 0.5) is 13.2 Å². The number of hydrogen-bond acceptors (Lipinski definition) is 4. The van der Waals surface area contributed by atoms with Crippen LogP contribution >= 0.6 is 0 Å². The molecule has 156 valence electrons. The Labute approximate surface area is 171 Å². The molecule has 0 atom stereocenters. The van der Waals surface area contributed by atoms with Crippen molar-refractivity contribution in [2.75, 3.05) is 0 Å². The van der Waals surface area contributed by atoms with Crippen LogP contribution in [-0.2, 0) is 17.8 Å². The van der Waals surface area contributed by atoms with Crippen molar-refractivity contribution in [2.45, 2.75) is 26.0 Å². The van der Waals surface area contributed by atoms with E-state index in [-0.39, 0.29) is 23.9 Å². The predicted octanol–water partition coefficient (Wildman–Crippen LogP) is 4.86. The first-order valence-electron chi connectivity index (χ1n) is 9.17. The van der Waals surface area contributed by atoms with Crippen LogP contribution in [0.3, 0.4) is 0 Å². The second-order valence-corrected chi connectivity index (χ2v) is 6.36. The van der Waals surface area contributed by atoms with E-state index in [0.717, 1.165) is 11.1 Å². The van der Waals surface area contributed by atoms with Crippen LogP contribution in [0.15, 0.2) is 66.9 Å². The molecule has 0 saturated carbocycles. The van der Waals surface area contributed by atoms with Gasteiger partial charge >= 0.3 is 6.61 Å². The van der Waals surface area contributed by atoms with Crippen molar-refractivity contribution in [1.29, 1.82) is 0 Å². The van der Waals surface area contributed by atoms with Crippen molar-refractivity contribution in [3.63, 3.8) is 0 Å². The van der Waals surface area contributed by atoms with Gasteiger partial charge in [0.05, 0.1) is 0 Å². The number of pyridine rings is 1. The average Bonchev–Trinajstić information content (AvgIpc) is 2.74. The molecule has 2 aromatic carbocycles. The average molecular weight is 416 g/mol. The summed E-state index contributed by atoms with van der Waals surface area (Å²) in [5, 5.41) is 2.80. The molecule has 0 radical (unpaired) electrons. The summed E-state index contributed by atoms with van der Waals surface area (Å²) in [6.07, 6.45) is 2.32. The van der Waals surface area contributed by atoms with Gasteiger partial charge in [-0.2, -0.15) is 8.78 Å². The molecule has 5 nitrogen and oxygen atoms in total. The number of carbonyl (C=O) groups excluding carboxylic acids is 1. The Morgan fingerprint density at radius 1 is 0.933 bits per heavy atom. The Kier molecular flexibility index (Phi) is 7.26. The lowest BCUT2D eigenvalue weighted by atomic mass is 10.1. The van der Waals surface area contributed by atoms with Crippen LogP contribution in [0.25, 0.3) is 0 Å². The minimum absolute atomic E-state index is 0.0811. The van der Waals surface area contributed by atoms with Crippen LogP contribution in [-0.4, -0.2) is 17.5 Å². The molecule has 1 aromatic heterocycles. The number of aryl methyl sites for hydroxylation is 1. The molecule has 1 heterocycles. The van der Waals surface area contributed by atoms with Crippen LogP contribution < -0.4 is 14.8 Å². The summed E-state index contributed by atoms with van der Waals surface area (Å²) in [6, 6.07) is 15.2. The molecule has 0 spiro atoms. The number of amides is 1. The van der Waals surface area contributed by atoms with E-state index in [2.05, 4.69) is 15.0 Å². The maximum Gasteiger partial charge on any atom is 0.387 e. The van der Waals surface area contributed by atoms with Crippen LogP contribution in [0.1, 0.15) is 17.5 Å². The van der Waals surface area contributed by atoms with E-state index in [1.54, 1.807) is 30.5 Å². The highest BCUT2D eigenvalue weighted by atomic mass is 19.3. The molecule has 3 aromatic rings. The molecule has 3 rings (SSSR count). The Morgan fingerprint density at radius 2 is 1.60 bits per heavy atom. The molecule has 0 unspecified atom stereocenters. The smallest absolute Gasteiger partial charge is 0.387 e. The summed E-state index contributed by atoms with van der Waals surface area (Å²) in [4.78, 5) is 16.2. The molecule has 0 aliphatic heterocycles. The van der Waals surface area contributed by atoms with Crippen molar-refractivity contribution in [1.82, 2.24) is 10.3 Å². The van der Waals surface area contributed by atoms with Gasteiger partial charge in [0.2, 0.25) is 11.8 Å². The zero-order chi connectivity index (χ0) is 21.3. The monoisotopic (exact) mass is 416 g/mol. The molecular formula is C22H19F3N2O3. The van der Waals surface area contributed by atoms with E-state index in [1.807, 2.05) is 0 Å². The van der Waals surface area contributed by atoms with Crippen molar-refractivity contribution in [3.8, 4) is 17.4 Å². The van der Waals surface area contributed by atoms with E-state index in [1.165, 1.54) is 36.4 Å². The molecule has 8 heteroatoms. The van der Waals surface area contributed by atoms with Gasteiger partial charge < -0.3 is 14.8 Å². The number of nitrogens with zero attached hydrogens (tertiary/aromatic N) is 1. The third-order valence-electron chi connectivity index (χ3n) is 4.11. The molecule has 0 fully saturated rings. The van der Waals surface area contributed by atoms with Gasteiger partial charge in [0, 0.05) is 25.2 Å². The number of aromatic nitrogens is 1. The Balaban J connectivity index is 1.41. The van der Waals surface area contributed by atoms with Gasteiger partial charge in [-0.05, 0) is 53.9 Å². The molecule has 0 bridgehead atoms. The lowest BCUT2D eigenvalue weighted by Crippen LogP contribution is -2.23. The fraction of sp³-hybridized carbons (Fsp3) is 0.182. The lowest BCUT2D eigenvalue weighted by molar-refractivity contribution is -0.121. The maximum atomic E-state index is 12.9. The fourth-order valence-electron chi connectivity index (χ4n) is 2.58. The summed E-state index contributed by atoms with van der Waals surface area (Å²) < 4.78 is 47.0. The highest BCUT2D eigenvalue weighted by molar-refractivity contribution is 5.76. The first-order valence-corrected chi connectivity index (χ1v) is 9.17. The normalized spacial score (nSPS) is 10.7. The first-order chi connectivity index (χ1) is 14.5. The second kappa shape index (κ2) is 10.3. The maximum absolute atomic E-state index is 12.9. The second-order valence-electron chi connectivity index (χ2n) is 6.36. The summed E-state index contributed by atoms with van der Waals surface area (Å²) in [5.41, 5.74) is 1.64. The quantitative estimate of drug-likeness (QED) is 0.541. The van der Waals surface area contributed by atoms with E-state index < -0.39 is 6.61 Å². The van der Waals surface area contributed by atoms with Crippen LogP contribution in [0.2, 0.25) is 0 Å². The third-order valence-corrected chi connectivity index (χ3v) is 4.11. The number of ether oxygens (including phenoxy) is 2. The van der Waals surface area contributed by atoms with Crippen molar-refractivity contribution in [3.05, 3.63) is 83.8 Å².